The molecule has 1 aromatic rings. The van der Waals surface area contributed by atoms with Crippen LogP contribution in [0.5, 0.6) is 0 Å². The molecule has 3 nitrogen and oxygen atoms in total. The van der Waals surface area contributed by atoms with Crippen LogP contribution >= 0.6 is 11.3 Å². The van der Waals surface area contributed by atoms with Crippen molar-refractivity contribution in [3.8, 4) is 0 Å². The normalized spacial score (nSPS) is 15.1. The third-order valence-electron chi connectivity index (χ3n) is 3.04. The van der Waals surface area contributed by atoms with E-state index in [1.807, 2.05) is 11.3 Å². The van der Waals surface area contributed by atoms with Gasteiger partial charge in [0.05, 0.1) is 0 Å². The van der Waals surface area contributed by atoms with Crippen LogP contribution in [0.3, 0.4) is 0 Å². The Kier molecular flexibility index (Phi) is 6.73. The number of thiophene rings is 1. The lowest BCUT2D eigenvalue weighted by Gasteiger charge is -2.27. The zero-order chi connectivity index (χ0) is 12.7. The van der Waals surface area contributed by atoms with Crippen LogP contribution in [0.1, 0.15) is 18.2 Å². The van der Waals surface area contributed by atoms with Crippen LogP contribution in [0.15, 0.2) is 17.5 Å². The quantitative estimate of drug-likeness (QED) is 0.773. The van der Waals surface area contributed by atoms with Gasteiger partial charge in [0.15, 0.2) is 0 Å². The van der Waals surface area contributed by atoms with E-state index in [1.54, 1.807) is 7.11 Å². The third-order valence-corrected chi connectivity index (χ3v) is 3.94. The summed E-state index contributed by atoms with van der Waals surface area (Å²) in [5.74, 6) is 0. The lowest BCUT2D eigenvalue weighted by molar-refractivity contribution is 0.172. The van der Waals surface area contributed by atoms with Crippen molar-refractivity contribution in [2.45, 2.75) is 31.8 Å². The van der Waals surface area contributed by atoms with Crippen LogP contribution in [-0.4, -0.2) is 44.3 Å². The van der Waals surface area contributed by atoms with Crippen molar-refractivity contribution in [1.82, 2.24) is 4.90 Å². The number of hydrogen-bond donors (Lipinski definition) is 1. The summed E-state index contributed by atoms with van der Waals surface area (Å²) in [6.45, 7) is 3.92. The summed E-state index contributed by atoms with van der Waals surface area (Å²) < 4.78 is 5.04. The third kappa shape index (κ3) is 5.64. The fourth-order valence-corrected chi connectivity index (χ4v) is 2.61. The monoisotopic (exact) mass is 256 g/mol. The zero-order valence-electron chi connectivity index (χ0n) is 11.1. The standard InChI is InChI=1S/C13H24N2OS/c1-11(9-13-5-4-8-17-13)15(2)10-12(14)6-7-16-3/h4-5,8,11-12H,6-7,9-10,14H2,1-3H3. The van der Waals surface area contributed by atoms with Crippen LogP contribution in [-0.2, 0) is 11.2 Å². The molecule has 0 saturated heterocycles. The molecule has 1 heterocycles. The van der Waals surface area contributed by atoms with E-state index >= 15 is 0 Å². The SMILES string of the molecule is COCCC(N)CN(C)C(C)Cc1cccs1. The van der Waals surface area contributed by atoms with E-state index in [-0.39, 0.29) is 6.04 Å². The summed E-state index contributed by atoms with van der Waals surface area (Å²) in [6, 6.07) is 5.03. The molecule has 0 spiro atoms. The van der Waals surface area contributed by atoms with Gasteiger partial charge >= 0.3 is 0 Å². The smallest absolute Gasteiger partial charge is 0.0477 e. The number of ether oxygens (including phenoxy) is 1. The summed E-state index contributed by atoms with van der Waals surface area (Å²) >= 11 is 1.82. The second-order valence-corrected chi connectivity index (χ2v) is 5.65. The highest BCUT2D eigenvalue weighted by atomic mass is 32.1. The van der Waals surface area contributed by atoms with Gasteiger partial charge in [0, 0.05) is 37.2 Å². The molecular weight excluding hydrogens is 232 g/mol. The van der Waals surface area contributed by atoms with E-state index in [0.29, 0.717) is 6.04 Å². The lowest BCUT2D eigenvalue weighted by atomic mass is 10.1. The number of hydrogen-bond acceptors (Lipinski definition) is 4. The largest absolute Gasteiger partial charge is 0.385 e. The number of likely N-dealkylation sites (N-methyl/N-ethyl adjacent to an activating group) is 1. The van der Waals surface area contributed by atoms with Gasteiger partial charge in [0.1, 0.15) is 0 Å². The second-order valence-electron chi connectivity index (χ2n) is 4.61. The molecular formula is C13H24N2OS. The summed E-state index contributed by atoms with van der Waals surface area (Å²) in [5, 5.41) is 2.13. The van der Waals surface area contributed by atoms with Crippen molar-refractivity contribution in [3.63, 3.8) is 0 Å². The van der Waals surface area contributed by atoms with Crippen molar-refractivity contribution in [1.29, 1.82) is 0 Å². The number of nitrogens with two attached hydrogens (primary N) is 1. The van der Waals surface area contributed by atoms with Crippen LogP contribution in [0.25, 0.3) is 0 Å². The molecule has 0 saturated carbocycles. The van der Waals surface area contributed by atoms with Gasteiger partial charge in [-0.1, -0.05) is 6.07 Å². The Morgan fingerprint density at radius 3 is 2.88 bits per heavy atom. The van der Waals surface area contributed by atoms with Crippen LogP contribution < -0.4 is 5.73 Å². The van der Waals surface area contributed by atoms with E-state index in [1.165, 1.54) is 4.88 Å². The first-order valence-corrected chi connectivity index (χ1v) is 6.98. The molecule has 0 aliphatic rings. The number of rotatable bonds is 8. The molecule has 0 fully saturated rings. The van der Waals surface area contributed by atoms with Crippen molar-refractivity contribution in [2.24, 2.45) is 5.73 Å². The predicted octanol–water partition coefficient (Wildman–Crippen LogP) is 1.97. The molecule has 0 radical (unpaired) electrons. The van der Waals surface area contributed by atoms with Gasteiger partial charge < -0.3 is 15.4 Å². The first kappa shape index (κ1) is 14.6. The van der Waals surface area contributed by atoms with Gasteiger partial charge in [-0.3, -0.25) is 0 Å². The van der Waals surface area contributed by atoms with Crippen LogP contribution in [0.2, 0.25) is 0 Å². The van der Waals surface area contributed by atoms with E-state index < -0.39 is 0 Å². The lowest BCUT2D eigenvalue weighted by Crippen LogP contribution is -2.41. The molecule has 0 bridgehead atoms. The Morgan fingerprint density at radius 1 is 1.53 bits per heavy atom. The Balaban J connectivity index is 2.28. The molecule has 2 unspecified atom stereocenters. The predicted molar refractivity (Wildman–Crippen MR) is 74.6 cm³/mol. The maximum atomic E-state index is 6.05. The van der Waals surface area contributed by atoms with Gasteiger partial charge in [0.25, 0.3) is 0 Å². The Labute approximate surface area is 109 Å². The summed E-state index contributed by atoms with van der Waals surface area (Å²) in [6.07, 6.45) is 2.03. The van der Waals surface area contributed by atoms with Crippen molar-refractivity contribution in [3.05, 3.63) is 22.4 Å². The average molecular weight is 256 g/mol. The minimum absolute atomic E-state index is 0.200. The molecule has 98 valence electrons. The Bertz CT molecular complexity index is 290. The van der Waals surface area contributed by atoms with Gasteiger partial charge in [-0.25, -0.2) is 0 Å². The van der Waals surface area contributed by atoms with Crippen molar-refractivity contribution >= 4 is 11.3 Å². The van der Waals surface area contributed by atoms with Crippen molar-refractivity contribution < 1.29 is 4.74 Å². The molecule has 17 heavy (non-hydrogen) atoms. The topological polar surface area (TPSA) is 38.5 Å². The minimum atomic E-state index is 0.200. The molecule has 2 N–H and O–H groups in total. The van der Waals surface area contributed by atoms with Crippen LogP contribution in [0, 0.1) is 0 Å². The molecule has 4 heteroatoms. The van der Waals surface area contributed by atoms with Gasteiger partial charge in [-0.05, 0) is 38.3 Å². The van der Waals surface area contributed by atoms with Gasteiger partial charge in [0.2, 0.25) is 0 Å². The molecule has 0 aliphatic heterocycles. The molecule has 2 atom stereocenters. The molecule has 1 aromatic heterocycles. The maximum Gasteiger partial charge on any atom is 0.0477 e. The minimum Gasteiger partial charge on any atom is -0.385 e. The summed E-state index contributed by atoms with van der Waals surface area (Å²) in [7, 11) is 3.86. The Morgan fingerprint density at radius 2 is 2.29 bits per heavy atom. The molecule has 0 aliphatic carbocycles. The first-order valence-electron chi connectivity index (χ1n) is 6.10. The van der Waals surface area contributed by atoms with Gasteiger partial charge in [-0.2, -0.15) is 0 Å². The average Bonchev–Trinajstić information content (AvgIpc) is 2.78. The highest BCUT2D eigenvalue weighted by Crippen LogP contribution is 2.13. The fraction of sp³-hybridized carbons (Fsp3) is 0.692. The molecule has 0 aromatic carbocycles. The summed E-state index contributed by atoms with van der Waals surface area (Å²) in [5.41, 5.74) is 6.05. The van der Waals surface area contributed by atoms with E-state index in [2.05, 4.69) is 36.4 Å². The fourth-order valence-electron chi connectivity index (χ4n) is 1.79. The highest BCUT2D eigenvalue weighted by Gasteiger charge is 2.13. The number of nitrogens with zero attached hydrogens (tertiary/aromatic N) is 1. The zero-order valence-corrected chi connectivity index (χ0v) is 11.9. The van der Waals surface area contributed by atoms with E-state index in [9.17, 15) is 0 Å². The highest BCUT2D eigenvalue weighted by molar-refractivity contribution is 7.09. The Hall–Kier alpha value is -0.420. The van der Waals surface area contributed by atoms with Gasteiger partial charge in [-0.15, -0.1) is 11.3 Å². The van der Waals surface area contributed by atoms with Crippen molar-refractivity contribution in [2.75, 3.05) is 27.3 Å². The van der Waals surface area contributed by atoms with Crippen LogP contribution in [0.4, 0.5) is 0 Å². The second kappa shape index (κ2) is 7.82. The van der Waals surface area contributed by atoms with E-state index in [4.69, 9.17) is 10.5 Å². The maximum absolute atomic E-state index is 6.05. The number of methoxy groups -OCH3 is 1. The molecule has 0 amide bonds. The first-order chi connectivity index (χ1) is 8.13. The summed E-state index contributed by atoms with van der Waals surface area (Å²) in [4.78, 5) is 3.77. The molecule has 1 rings (SSSR count). The van der Waals surface area contributed by atoms with E-state index in [0.717, 1.165) is 26.0 Å².